The Kier molecular flexibility index (Phi) is 4.31. The van der Waals surface area contributed by atoms with Crippen molar-refractivity contribution in [1.82, 2.24) is 10.2 Å². The van der Waals surface area contributed by atoms with E-state index in [2.05, 4.69) is 10.2 Å². The molecule has 3 fully saturated rings. The Hall–Kier alpha value is -0.280. The summed E-state index contributed by atoms with van der Waals surface area (Å²) in [6.07, 6.45) is 6.06. The average Bonchev–Trinajstić information content (AvgIpc) is 2.73. The number of carbonyl (C=O) groups excluding carboxylic acids is 1. The normalized spacial score (nSPS) is 31.9. The fourth-order valence-corrected chi connectivity index (χ4v) is 3.33. The van der Waals surface area contributed by atoms with Crippen molar-refractivity contribution < 1.29 is 4.79 Å². The Morgan fingerprint density at radius 1 is 1.18 bits per heavy atom. The number of likely N-dealkylation sites (tertiary alicyclic amines) is 1. The van der Waals surface area contributed by atoms with Gasteiger partial charge in [0.1, 0.15) is 0 Å². The van der Waals surface area contributed by atoms with Crippen molar-refractivity contribution in [3.63, 3.8) is 0 Å². The Bertz CT molecular complexity index is 269. The maximum absolute atomic E-state index is 12.0. The minimum Gasteiger partial charge on any atom is -0.342 e. The van der Waals surface area contributed by atoms with Crippen LogP contribution >= 0.6 is 12.4 Å². The summed E-state index contributed by atoms with van der Waals surface area (Å²) < 4.78 is 0. The smallest absolute Gasteiger partial charge is 0.222 e. The maximum Gasteiger partial charge on any atom is 0.222 e. The third-order valence-electron chi connectivity index (χ3n) is 4.73. The van der Waals surface area contributed by atoms with E-state index >= 15 is 0 Å². The van der Waals surface area contributed by atoms with Gasteiger partial charge in [0, 0.05) is 32.6 Å². The molecule has 2 saturated heterocycles. The van der Waals surface area contributed by atoms with Gasteiger partial charge in [0.15, 0.2) is 0 Å². The van der Waals surface area contributed by atoms with Gasteiger partial charge in [-0.1, -0.05) is 19.3 Å². The Morgan fingerprint density at radius 3 is 2.35 bits per heavy atom. The molecule has 3 rings (SSSR count). The van der Waals surface area contributed by atoms with E-state index in [0.29, 0.717) is 5.91 Å². The van der Waals surface area contributed by atoms with Crippen LogP contribution in [0.15, 0.2) is 0 Å². The predicted molar refractivity (Wildman–Crippen MR) is 70.3 cm³/mol. The van der Waals surface area contributed by atoms with Gasteiger partial charge in [0.05, 0.1) is 0 Å². The van der Waals surface area contributed by atoms with E-state index < -0.39 is 0 Å². The van der Waals surface area contributed by atoms with Crippen molar-refractivity contribution >= 4 is 18.3 Å². The van der Waals surface area contributed by atoms with Crippen molar-refractivity contribution in [2.75, 3.05) is 26.2 Å². The summed E-state index contributed by atoms with van der Waals surface area (Å²) in [5.41, 5.74) is 0. The van der Waals surface area contributed by atoms with Gasteiger partial charge in [-0.05, 0) is 24.2 Å². The molecule has 4 heteroatoms. The van der Waals surface area contributed by atoms with Crippen LogP contribution in [0.5, 0.6) is 0 Å². The number of amides is 1. The van der Waals surface area contributed by atoms with Crippen LogP contribution in [0, 0.1) is 17.8 Å². The first kappa shape index (κ1) is 13.2. The zero-order chi connectivity index (χ0) is 11.0. The Balaban J connectivity index is 0.00000108. The number of nitrogens with zero attached hydrogens (tertiary/aromatic N) is 1. The first-order valence-electron chi connectivity index (χ1n) is 6.81. The molecule has 98 valence electrons. The highest BCUT2D eigenvalue weighted by Crippen LogP contribution is 2.31. The molecule has 2 heterocycles. The summed E-state index contributed by atoms with van der Waals surface area (Å²) in [4.78, 5) is 14.1. The third kappa shape index (κ3) is 2.76. The van der Waals surface area contributed by atoms with Crippen molar-refractivity contribution in [1.29, 1.82) is 0 Å². The second kappa shape index (κ2) is 5.57. The summed E-state index contributed by atoms with van der Waals surface area (Å²) in [6.45, 7) is 4.27. The molecule has 1 saturated carbocycles. The largest absolute Gasteiger partial charge is 0.342 e. The number of nitrogens with one attached hydrogen (secondary N) is 1. The lowest BCUT2D eigenvalue weighted by Crippen LogP contribution is -2.32. The summed E-state index contributed by atoms with van der Waals surface area (Å²) in [6, 6.07) is 0. The Labute approximate surface area is 110 Å². The highest BCUT2D eigenvalue weighted by atomic mass is 35.5. The van der Waals surface area contributed by atoms with Crippen LogP contribution in [-0.4, -0.2) is 37.0 Å². The van der Waals surface area contributed by atoms with Gasteiger partial charge >= 0.3 is 0 Å². The second-order valence-corrected chi connectivity index (χ2v) is 5.81. The number of hydrogen-bond acceptors (Lipinski definition) is 2. The third-order valence-corrected chi connectivity index (χ3v) is 4.73. The quantitative estimate of drug-likeness (QED) is 0.835. The number of rotatable bonds is 3. The molecule has 0 bridgehead atoms. The standard InChI is InChI=1S/C13H22N2O.ClH/c16-13(5-4-10-2-1-3-10)15-8-11-6-14-7-12(11)9-15;/h10-12,14H,1-9H2;1H/t11-,12+;. The minimum absolute atomic E-state index is 0. The molecule has 0 aromatic heterocycles. The van der Waals surface area contributed by atoms with Crippen molar-refractivity contribution in [2.24, 2.45) is 17.8 Å². The predicted octanol–water partition coefficient (Wildman–Crippen LogP) is 1.67. The zero-order valence-corrected chi connectivity index (χ0v) is 11.2. The topological polar surface area (TPSA) is 32.3 Å². The van der Waals surface area contributed by atoms with E-state index in [1.54, 1.807) is 0 Å². The van der Waals surface area contributed by atoms with Crippen molar-refractivity contribution in [3.8, 4) is 0 Å². The van der Waals surface area contributed by atoms with Crippen LogP contribution in [0.25, 0.3) is 0 Å². The van der Waals surface area contributed by atoms with Crippen LogP contribution < -0.4 is 5.32 Å². The van der Waals surface area contributed by atoms with Gasteiger partial charge in [0.25, 0.3) is 0 Å². The highest BCUT2D eigenvalue weighted by molar-refractivity contribution is 5.85. The van der Waals surface area contributed by atoms with Gasteiger partial charge < -0.3 is 10.2 Å². The Morgan fingerprint density at radius 2 is 1.82 bits per heavy atom. The van der Waals surface area contributed by atoms with E-state index in [4.69, 9.17) is 0 Å². The van der Waals surface area contributed by atoms with Crippen LogP contribution in [0.4, 0.5) is 0 Å². The van der Waals surface area contributed by atoms with Gasteiger partial charge in [-0.15, -0.1) is 12.4 Å². The molecule has 2 aliphatic heterocycles. The van der Waals surface area contributed by atoms with E-state index in [9.17, 15) is 4.79 Å². The first-order valence-corrected chi connectivity index (χ1v) is 6.81. The van der Waals surface area contributed by atoms with Gasteiger partial charge in [0.2, 0.25) is 5.91 Å². The molecule has 3 nitrogen and oxygen atoms in total. The summed E-state index contributed by atoms with van der Waals surface area (Å²) in [5.74, 6) is 2.77. The van der Waals surface area contributed by atoms with Crippen LogP contribution in [0.1, 0.15) is 32.1 Å². The van der Waals surface area contributed by atoms with E-state index in [-0.39, 0.29) is 12.4 Å². The summed E-state index contributed by atoms with van der Waals surface area (Å²) in [5, 5.41) is 3.41. The molecule has 3 aliphatic rings. The van der Waals surface area contributed by atoms with Crippen LogP contribution in [-0.2, 0) is 4.79 Å². The zero-order valence-electron chi connectivity index (χ0n) is 10.4. The molecular formula is C13H23ClN2O. The van der Waals surface area contributed by atoms with E-state index in [1.807, 2.05) is 0 Å². The molecular weight excluding hydrogens is 236 g/mol. The molecule has 0 radical (unpaired) electrons. The lowest BCUT2D eigenvalue weighted by atomic mass is 9.82. The molecule has 0 unspecified atom stereocenters. The van der Waals surface area contributed by atoms with Gasteiger partial charge in [-0.25, -0.2) is 0 Å². The molecule has 0 spiro atoms. The number of carbonyl (C=O) groups is 1. The average molecular weight is 259 g/mol. The molecule has 1 amide bonds. The first-order chi connectivity index (χ1) is 7.83. The molecule has 17 heavy (non-hydrogen) atoms. The van der Waals surface area contributed by atoms with E-state index in [1.165, 1.54) is 19.3 Å². The maximum atomic E-state index is 12.0. The van der Waals surface area contributed by atoms with Crippen LogP contribution in [0.3, 0.4) is 0 Å². The van der Waals surface area contributed by atoms with Crippen molar-refractivity contribution in [3.05, 3.63) is 0 Å². The van der Waals surface area contributed by atoms with Crippen LogP contribution in [0.2, 0.25) is 0 Å². The number of hydrogen-bond donors (Lipinski definition) is 1. The molecule has 0 aromatic carbocycles. The highest BCUT2D eigenvalue weighted by Gasteiger charge is 2.37. The number of fused-ring (bicyclic) bond motifs is 1. The monoisotopic (exact) mass is 258 g/mol. The van der Waals surface area contributed by atoms with Gasteiger partial charge in [-0.3, -0.25) is 4.79 Å². The molecule has 2 atom stereocenters. The van der Waals surface area contributed by atoms with Gasteiger partial charge in [-0.2, -0.15) is 0 Å². The fourth-order valence-electron chi connectivity index (χ4n) is 3.33. The molecule has 1 N–H and O–H groups in total. The SMILES string of the molecule is Cl.O=C(CCC1CCC1)N1C[C@H]2CNC[C@H]2C1. The number of halogens is 1. The lowest BCUT2D eigenvalue weighted by Gasteiger charge is -2.26. The second-order valence-electron chi connectivity index (χ2n) is 5.81. The minimum atomic E-state index is 0. The fraction of sp³-hybridized carbons (Fsp3) is 0.923. The van der Waals surface area contributed by atoms with E-state index in [0.717, 1.165) is 56.8 Å². The summed E-state index contributed by atoms with van der Waals surface area (Å²) >= 11 is 0. The molecule has 0 aromatic rings. The lowest BCUT2D eigenvalue weighted by molar-refractivity contribution is -0.130. The summed E-state index contributed by atoms with van der Waals surface area (Å²) in [7, 11) is 0. The molecule has 1 aliphatic carbocycles. The van der Waals surface area contributed by atoms with Crippen molar-refractivity contribution in [2.45, 2.75) is 32.1 Å².